The molecule has 0 aliphatic rings. The molecule has 0 saturated carbocycles. The molecule has 0 aliphatic heterocycles. The predicted octanol–water partition coefficient (Wildman–Crippen LogP) is 6.79. The maximum atomic E-state index is 2.35. The van der Waals surface area contributed by atoms with Gasteiger partial charge in [-0.25, -0.2) is 0 Å². The van der Waals surface area contributed by atoms with E-state index in [1.165, 1.54) is 71.6 Å². The van der Waals surface area contributed by atoms with Gasteiger partial charge in [0.1, 0.15) is 0 Å². The van der Waals surface area contributed by atoms with Crippen molar-refractivity contribution in [2.75, 3.05) is 0 Å². The first-order chi connectivity index (χ1) is 20.2. The molecule has 0 radical (unpaired) electrons. The maximum Gasteiger partial charge on any atom is 4.00 e. The van der Waals surface area contributed by atoms with Gasteiger partial charge in [-0.3, -0.25) is 0 Å². The Balaban J connectivity index is 0.000000301. The summed E-state index contributed by atoms with van der Waals surface area (Å²) >= 11 is 0. The van der Waals surface area contributed by atoms with Crippen LogP contribution >= 0.6 is 0 Å². The second-order valence-electron chi connectivity index (χ2n) is 14.7. The van der Waals surface area contributed by atoms with E-state index in [1.807, 2.05) is 0 Å². The standard InChI is InChI=1S/C22H25.C21H23.2ClH.Zr/c1-15(2)18-13-17-7-6-8-20(21(17)14-18)16-9-11-19(12-10-16)22(3,4)5;1-14-12-19-15(2)6-11-18(20(19)13-14)16-7-9-17(10-8-16)21(3,4)5;;;/h6-15H,1-5H3;6-13H,1-5H3;2*1H;/q2*-1;;;+4/p-2. The maximum absolute atomic E-state index is 2.35. The van der Waals surface area contributed by atoms with Gasteiger partial charge < -0.3 is 24.8 Å². The van der Waals surface area contributed by atoms with Crippen LogP contribution in [-0.4, -0.2) is 0 Å². The largest absolute Gasteiger partial charge is 4.00 e. The molecule has 0 aromatic heterocycles. The van der Waals surface area contributed by atoms with Gasteiger partial charge in [0.15, 0.2) is 0 Å². The summed E-state index contributed by atoms with van der Waals surface area (Å²) in [4.78, 5) is 0. The van der Waals surface area contributed by atoms with Crippen molar-refractivity contribution in [3.05, 3.63) is 131 Å². The van der Waals surface area contributed by atoms with E-state index < -0.39 is 0 Å². The summed E-state index contributed by atoms with van der Waals surface area (Å²) in [6.07, 6.45) is 0. The van der Waals surface area contributed by atoms with E-state index in [-0.39, 0.29) is 61.8 Å². The van der Waals surface area contributed by atoms with Crippen LogP contribution in [0.15, 0.2) is 103 Å². The van der Waals surface area contributed by atoms with E-state index in [0.29, 0.717) is 5.92 Å². The minimum Gasteiger partial charge on any atom is -1.00 e. The Hall–Kier alpha value is -2.44. The molecule has 0 saturated heterocycles. The second-order valence-corrected chi connectivity index (χ2v) is 14.7. The topological polar surface area (TPSA) is 0 Å². The summed E-state index contributed by atoms with van der Waals surface area (Å²) in [6.45, 7) is 22.4. The zero-order valence-corrected chi connectivity index (χ0v) is 33.1. The Morgan fingerprint density at radius 2 is 1.07 bits per heavy atom. The summed E-state index contributed by atoms with van der Waals surface area (Å²) in [5, 5.41) is 5.47. The molecule has 0 N–H and O–H groups in total. The van der Waals surface area contributed by atoms with Crippen molar-refractivity contribution in [3.63, 3.8) is 0 Å². The number of fused-ring (bicyclic) bond motifs is 2. The van der Waals surface area contributed by atoms with Gasteiger partial charge in [0.25, 0.3) is 0 Å². The molecule has 6 rings (SSSR count). The molecule has 0 unspecified atom stereocenters. The summed E-state index contributed by atoms with van der Waals surface area (Å²) in [6, 6.07) is 38.5. The molecule has 6 aromatic carbocycles. The van der Waals surface area contributed by atoms with Crippen molar-refractivity contribution < 1.29 is 51.0 Å². The van der Waals surface area contributed by atoms with Crippen LogP contribution in [0.2, 0.25) is 0 Å². The molecule has 3 heteroatoms. The number of aryl methyl sites for hydroxylation is 2. The van der Waals surface area contributed by atoms with E-state index >= 15 is 0 Å². The van der Waals surface area contributed by atoms with E-state index in [2.05, 4.69) is 172 Å². The van der Waals surface area contributed by atoms with Crippen molar-refractivity contribution >= 4 is 21.5 Å². The number of hydrogen-bond acceptors (Lipinski definition) is 0. The van der Waals surface area contributed by atoms with Crippen molar-refractivity contribution in [1.82, 2.24) is 0 Å². The number of benzene rings is 4. The van der Waals surface area contributed by atoms with Gasteiger partial charge in [-0.2, -0.15) is 12.1 Å². The normalized spacial score (nSPS) is 11.4. The molecular formula is C43H48Cl2Zr. The van der Waals surface area contributed by atoms with Gasteiger partial charge in [0.05, 0.1) is 0 Å². The Bertz CT molecular complexity index is 1850. The Morgan fingerprint density at radius 1 is 0.565 bits per heavy atom. The molecule has 46 heavy (non-hydrogen) atoms. The van der Waals surface area contributed by atoms with Crippen LogP contribution in [0.5, 0.6) is 0 Å². The van der Waals surface area contributed by atoms with E-state index in [0.717, 1.165) is 0 Å². The summed E-state index contributed by atoms with van der Waals surface area (Å²) in [5.74, 6) is 0.573. The quantitative estimate of drug-likeness (QED) is 0.176. The average Bonchev–Trinajstić information content (AvgIpc) is 3.57. The minimum atomic E-state index is 0. The number of rotatable bonds is 3. The Morgan fingerprint density at radius 3 is 1.54 bits per heavy atom. The van der Waals surface area contributed by atoms with Crippen LogP contribution in [0.25, 0.3) is 43.8 Å². The van der Waals surface area contributed by atoms with Crippen LogP contribution in [-0.2, 0) is 37.0 Å². The number of hydrogen-bond donors (Lipinski definition) is 0. The molecule has 0 spiro atoms. The third-order valence-corrected chi connectivity index (χ3v) is 8.81. The first-order valence-electron chi connectivity index (χ1n) is 15.8. The molecule has 6 aromatic rings. The molecule has 0 aliphatic carbocycles. The number of halogens is 2. The van der Waals surface area contributed by atoms with Crippen LogP contribution in [0.1, 0.15) is 89.1 Å². The van der Waals surface area contributed by atoms with Crippen molar-refractivity contribution in [2.24, 2.45) is 0 Å². The zero-order chi connectivity index (χ0) is 31.1. The molecule has 0 fully saturated rings. The predicted molar refractivity (Wildman–Crippen MR) is 191 cm³/mol. The van der Waals surface area contributed by atoms with Gasteiger partial charge in [-0.1, -0.05) is 141 Å². The van der Waals surface area contributed by atoms with Crippen LogP contribution in [0, 0.1) is 13.8 Å². The summed E-state index contributed by atoms with van der Waals surface area (Å²) in [7, 11) is 0. The molecular weight excluding hydrogens is 679 g/mol. The van der Waals surface area contributed by atoms with Gasteiger partial charge in [0.2, 0.25) is 0 Å². The Kier molecular flexibility index (Phi) is 13.5. The van der Waals surface area contributed by atoms with Crippen LogP contribution in [0.4, 0.5) is 0 Å². The first kappa shape index (κ1) is 39.7. The fourth-order valence-electron chi connectivity index (χ4n) is 5.98. The van der Waals surface area contributed by atoms with E-state index in [4.69, 9.17) is 0 Å². The molecule has 0 heterocycles. The molecule has 0 nitrogen and oxygen atoms in total. The zero-order valence-electron chi connectivity index (χ0n) is 29.1. The smallest absolute Gasteiger partial charge is 1.00 e. The average molecular weight is 727 g/mol. The monoisotopic (exact) mass is 724 g/mol. The van der Waals surface area contributed by atoms with Gasteiger partial charge in [-0.15, -0.1) is 68.6 Å². The fourth-order valence-corrected chi connectivity index (χ4v) is 5.98. The van der Waals surface area contributed by atoms with Crippen molar-refractivity contribution in [1.29, 1.82) is 0 Å². The Labute approximate surface area is 309 Å². The minimum absolute atomic E-state index is 0. The molecule has 0 atom stereocenters. The SMILES string of the molecule is CC(C)c1cc2c(-c3ccc(C(C)(C)C)cc3)cccc2[cH-]1.Cc1cc2c(-c3ccc(C(C)(C)C)cc3)ccc(C)c2[cH-]1.[Cl-].[Cl-].[Zr+4]. The van der Waals surface area contributed by atoms with Crippen LogP contribution < -0.4 is 24.8 Å². The third-order valence-electron chi connectivity index (χ3n) is 8.81. The molecule has 0 bridgehead atoms. The summed E-state index contributed by atoms with van der Waals surface area (Å²) < 4.78 is 0. The molecule has 0 amide bonds. The van der Waals surface area contributed by atoms with Gasteiger partial charge in [-0.05, 0) is 39.0 Å². The molecule has 238 valence electrons. The van der Waals surface area contributed by atoms with Crippen molar-refractivity contribution in [2.45, 2.75) is 86.0 Å². The summed E-state index contributed by atoms with van der Waals surface area (Å²) in [5.41, 5.74) is 12.6. The van der Waals surface area contributed by atoms with Crippen molar-refractivity contribution in [3.8, 4) is 22.3 Å². The first-order valence-corrected chi connectivity index (χ1v) is 15.8. The van der Waals surface area contributed by atoms with E-state index in [1.54, 1.807) is 0 Å². The third kappa shape index (κ3) is 8.72. The second kappa shape index (κ2) is 15.6. The van der Waals surface area contributed by atoms with Gasteiger partial charge in [0, 0.05) is 0 Å². The fraction of sp³-hybridized carbons (Fsp3) is 0.302. The van der Waals surface area contributed by atoms with Crippen LogP contribution in [0.3, 0.4) is 0 Å². The van der Waals surface area contributed by atoms with Gasteiger partial charge >= 0.3 is 26.2 Å². The van der Waals surface area contributed by atoms with E-state index in [9.17, 15) is 0 Å².